The van der Waals surface area contributed by atoms with Crippen LogP contribution in [0.25, 0.3) is 72.2 Å². The fourth-order valence-corrected chi connectivity index (χ4v) is 7.06. The van der Waals surface area contributed by atoms with Crippen molar-refractivity contribution in [2.75, 3.05) is 0 Å². The van der Waals surface area contributed by atoms with Crippen LogP contribution in [0.2, 0.25) is 0 Å². The number of benzene rings is 5. The van der Waals surface area contributed by atoms with Gasteiger partial charge < -0.3 is 4.42 Å². The van der Waals surface area contributed by atoms with Gasteiger partial charge in [0.15, 0.2) is 0 Å². The summed E-state index contributed by atoms with van der Waals surface area (Å²) in [4.78, 5) is 10.4. The van der Waals surface area contributed by atoms with Crippen molar-refractivity contribution in [1.82, 2.24) is 14.5 Å². The van der Waals surface area contributed by atoms with Crippen molar-refractivity contribution < 1.29 is 4.42 Å². The van der Waals surface area contributed by atoms with E-state index in [1.165, 1.54) is 33.0 Å². The molecule has 41 heavy (non-hydrogen) atoms. The second-order valence-electron chi connectivity index (χ2n) is 11.4. The molecular formula is C37H25N3O. The molecule has 0 amide bonds. The van der Waals surface area contributed by atoms with Crippen LogP contribution in [0, 0.1) is 0 Å². The smallest absolute Gasteiger partial charge is 0.238 e. The Balaban J connectivity index is 1.42. The van der Waals surface area contributed by atoms with Crippen molar-refractivity contribution in [3.05, 3.63) is 126 Å². The predicted octanol–water partition coefficient (Wildman–Crippen LogP) is 9.45. The molecule has 3 aromatic heterocycles. The van der Waals surface area contributed by atoms with Crippen LogP contribution in [0.5, 0.6) is 0 Å². The fraction of sp³-hybridized carbons (Fsp3) is 0.0811. The molecule has 0 atom stereocenters. The highest BCUT2D eigenvalue weighted by Crippen LogP contribution is 2.53. The van der Waals surface area contributed by atoms with Gasteiger partial charge in [0.2, 0.25) is 11.7 Å². The van der Waals surface area contributed by atoms with Gasteiger partial charge in [0, 0.05) is 27.1 Å². The molecule has 0 fully saturated rings. The highest BCUT2D eigenvalue weighted by Gasteiger charge is 2.38. The molecule has 8 aromatic rings. The second kappa shape index (κ2) is 7.92. The van der Waals surface area contributed by atoms with Gasteiger partial charge in [-0.05, 0) is 40.5 Å². The minimum absolute atomic E-state index is 0.140. The third-order valence-electron chi connectivity index (χ3n) is 8.83. The van der Waals surface area contributed by atoms with E-state index < -0.39 is 0 Å². The minimum atomic E-state index is -0.140. The fourth-order valence-electron chi connectivity index (χ4n) is 7.06. The van der Waals surface area contributed by atoms with Gasteiger partial charge in [-0.3, -0.25) is 4.57 Å². The van der Waals surface area contributed by atoms with E-state index in [1.54, 1.807) is 0 Å². The average molecular weight is 528 g/mol. The molecule has 0 N–H and O–H groups in total. The summed E-state index contributed by atoms with van der Waals surface area (Å²) in [5.41, 5.74) is 10.7. The van der Waals surface area contributed by atoms with Crippen molar-refractivity contribution in [2.45, 2.75) is 19.3 Å². The van der Waals surface area contributed by atoms with E-state index in [2.05, 4.69) is 109 Å². The van der Waals surface area contributed by atoms with Gasteiger partial charge in [0.25, 0.3) is 0 Å². The Labute approximate surface area is 236 Å². The second-order valence-corrected chi connectivity index (χ2v) is 11.4. The first-order valence-electron chi connectivity index (χ1n) is 14.0. The molecule has 0 saturated carbocycles. The summed E-state index contributed by atoms with van der Waals surface area (Å²) in [5.74, 6) is 0.606. The van der Waals surface area contributed by atoms with Crippen LogP contribution in [0.4, 0.5) is 0 Å². The van der Waals surface area contributed by atoms with Crippen molar-refractivity contribution >= 4 is 43.9 Å². The number of furan rings is 1. The van der Waals surface area contributed by atoms with E-state index in [0.29, 0.717) is 11.7 Å². The SMILES string of the molecule is CC1(C)c2ccccc2-c2ccc3c(c21)c1ccccc1n3-c1nc(-c2ccccc2)c2c(n1)oc1ccccc12. The monoisotopic (exact) mass is 527 g/mol. The van der Waals surface area contributed by atoms with Gasteiger partial charge in [-0.15, -0.1) is 0 Å². The van der Waals surface area contributed by atoms with Gasteiger partial charge in [-0.1, -0.05) is 111 Å². The summed E-state index contributed by atoms with van der Waals surface area (Å²) in [7, 11) is 0. The summed E-state index contributed by atoms with van der Waals surface area (Å²) in [6.45, 7) is 4.68. The van der Waals surface area contributed by atoms with Crippen LogP contribution in [-0.4, -0.2) is 14.5 Å². The number of para-hydroxylation sites is 2. The molecule has 194 valence electrons. The first kappa shape index (κ1) is 22.6. The Morgan fingerprint density at radius 1 is 0.610 bits per heavy atom. The van der Waals surface area contributed by atoms with Crippen LogP contribution in [-0.2, 0) is 5.41 Å². The molecule has 0 spiro atoms. The van der Waals surface area contributed by atoms with Crippen LogP contribution >= 0.6 is 0 Å². The standard InChI is InChI=1S/C37H25N3O/c1-37(2)27-17-9-6-14-23(27)24-20-21-29-31(33(24)37)25-15-7-10-18-28(25)40(29)36-38-34(22-12-4-3-5-13-22)32-26-16-8-11-19-30(26)41-35(32)39-36/h3-21H,1-2H3. The van der Waals surface area contributed by atoms with Gasteiger partial charge in [0.05, 0.1) is 22.1 Å². The van der Waals surface area contributed by atoms with E-state index in [-0.39, 0.29) is 5.41 Å². The van der Waals surface area contributed by atoms with Crippen molar-refractivity contribution in [2.24, 2.45) is 0 Å². The largest absolute Gasteiger partial charge is 0.437 e. The molecule has 9 rings (SSSR count). The van der Waals surface area contributed by atoms with Gasteiger partial charge in [-0.2, -0.15) is 4.98 Å². The quantitative estimate of drug-likeness (QED) is 0.225. The summed E-state index contributed by atoms with van der Waals surface area (Å²) in [5, 5.41) is 4.42. The zero-order valence-corrected chi connectivity index (χ0v) is 22.7. The maximum Gasteiger partial charge on any atom is 0.238 e. The Morgan fingerprint density at radius 3 is 2.22 bits per heavy atom. The first-order chi connectivity index (χ1) is 20.1. The van der Waals surface area contributed by atoms with Crippen LogP contribution in [0.3, 0.4) is 0 Å². The van der Waals surface area contributed by atoms with Gasteiger partial charge in [-0.25, -0.2) is 4.98 Å². The topological polar surface area (TPSA) is 43.9 Å². The molecular weight excluding hydrogens is 502 g/mol. The third kappa shape index (κ3) is 2.94. The molecule has 0 saturated heterocycles. The number of hydrogen-bond acceptors (Lipinski definition) is 3. The zero-order chi connectivity index (χ0) is 27.3. The summed E-state index contributed by atoms with van der Waals surface area (Å²) in [6, 6.07) is 40.4. The highest BCUT2D eigenvalue weighted by molar-refractivity contribution is 6.15. The minimum Gasteiger partial charge on any atom is -0.437 e. The average Bonchev–Trinajstić information content (AvgIpc) is 3.63. The van der Waals surface area contributed by atoms with Crippen LogP contribution in [0.1, 0.15) is 25.0 Å². The van der Waals surface area contributed by atoms with Gasteiger partial charge >= 0.3 is 0 Å². The lowest BCUT2D eigenvalue weighted by molar-refractivity contribution is 0.651. The molecule has 4 nitrogen and oxygen atoms in total. The number of aromatic nitrogens is 3. The van der Waals surface area contributed by atoms with E-state index in [9.17, 15) is 0 Å². The summed E-state index contributed by atoms with van der Waals surface area (Å²) < 4.78 is 8.57. The van der Waals surface area contributed by atoms with E-state index in [0.717, 1.165) is 38.6 Å². The lowest BCUT2D eigenvalue weighted by Crippen LogP contribution is -2.15. The molecule has 0 radical (unpaired) electrons. The maximum atomic E-state index is 6.36. The van der Waals surface area contributed by atoms with Gasteiger partial charge in [0.1, 0.15) is 5.58 Å². The van der Waals surface area contributed by atoms with E-state index in [4.69, 9.17) is 14.4 Å². The number of fused-ring (bicyclic) bond motifs is 10. The Bertz CT molecular complexity index is 2340. The van der Waals surface area contributed by atoms with Crippen LogP contribution in [0.15, 0.2) is 120 Å². The number of hydrogen-bond donors (Lipinski definition) is 0. The lowest BCUT2D eigenvalue weighted by atomic mass is 9.80. The Hall–Kier alpha value is -5.22. The zero-order valence-electron chi connectivity index (χ0n) is 22.7. The summed E-state index contributed by atoms with van der Waals surface area (Å²) in [6.07, 6.45) is 0. The van der Waals surface area contributed by atoms with Crippen molar-refractivity contribution in [1.29, 1.82) is 0 Å². The van der Waals surface area contributed by atoms with E-state index >= 15 is 0 Å². The first-order valence-corrected chi connectivity index (χ1v) is 14.0. The molecule has 1 aliphatic carbocycles. The Morgan fingerprint density at radius 2 is 1.34 bits per heavy atom. The number of rotatable bonds is 2. The van der Waals surface area contributed by atoms with Crippen molar-refractivity contribution in [3.8, 4) is 28.3 Å². The molecule has 4 heteroatoms. The molecule has 3 heterocycles. The highest BCUT2D eigenvalue weighted by atomic mass is 16.3. The van der Waals surface area contributed by atoms with Crippen molar-refractivity contribution in [3.63, 3.8) is 0 Å². The van der Waals surface area contributed by atoms with E-state index in [1.807, 2.05) is 24.3 Å². The molecule has 0 unspecified atom stereocenters. The Kier molecular flexibility index (Phi) is 4.36. The molecule has 0 aliphatic heterocycles. The molecule has 0 bridgehead atoms. The molecule has 5 aromatic carbocycles. The predicted molar refractivity (Wildman–Crippen MR) is 167 cm³/mol. The van der Waals surface area contributed by atoms with Crippen LogP contribution < -0.4 is 0 Å². The number of nitrogens with zero attached hydrogens (tertiary/aromatic N) is 3. The lowest BCUT2D eigenvalue weighted by Gasteiger charge is -2.22. The normalized spacial score (nSPS) is 13.8. The third-order valence-corrected chi connectivity index (χ3v) is 8.83. The maximum absolute atomic E-state index is 6.36. The summed E-state index contributed by atoms with van der Waals surface area (Å²) >= 11 is 0. The molecule has 1 aliphatic rings.